The average Bonchev–Trinajstić information content (AvgIpc) is 2.54. The van der Waals surface area contributed by atoms with E-state index in [0.717, 1.165) is 25.9 Å². The van der Waals surface area contributed by atoms with Crippen LogP contribution in [-0.2, 0) is 0 Å². The van der Waals surface area contributed by atoms with Crippen LogP contribution in [0.5, 0.6) is 0 Å². The van der Waals surface area contributed by atoms with E-state index in [1.165, 1.54) is 0 Å². The van der Waals surface area contributed by atoms with Gasteiger partial charge in [0.2, 0.25) is 0 Å². The van der Waals surface area contributed by atoms with Crippen LogP contribution in [0.15, 0.2) is 57.2 Å². The SMILES string of the molecule is CSc1cccc2c1Sc1ccccc1NC2=O. The molecule has 18 heavy (non-hydrogen) atoms. The second-order valence-electron chi connectivity index (χ2n) is 3.89. The minimum atomic E-state index is -0.0293. The van der Waals surface area contributed by atoms with Gasteiger partial charge in [-0.3, -0.25) is 4.79 Å². The summed E-state index contributed by atoms with van der Waals surface area (Å²) in [6.45, 7) is 0. The molecule has 0 bridgehead atoms. The number of amides is 1. The fourth-order valence-corrected chi connectivity index (χ4v) is 3.84. The Hall–Kier alpha value is -1.39. The van der Waals surface area contributed by atoms with Crippen LogP contribution < -0.4 is 5.32 Å². The van der Waals surface area contributed by atoms with Gasteiger partial charge in [-0.15, -0.1) is 11.8 Å². The van der Waals surface area contributed by atoms with E-state index in [0.29, 0.717) is 0 Å². The Balaban J connectivity index is 2.20. The van der Waals surface area contributed by atoms with Crippen molar-refractivity contribution in [2.24, 2.45) is 0 Å². The van der Waals surface area contributed by atoms with Crippen LogP contribution in [0.25, 0.3) is 0 Å². The molecule has 0 fully saturated rings. The summed E-state index contributed by atoms with van der Waals surface area (Å²) in [7, 11) is 0. The highest BCUT2D eigenvalue weighted by Crippen LogP contribution is 2.42. The normalized spacial score (nSPS) is 13.3. The first-order chi connectivity index (χ1) is 8.79. The summed E-state index contributed by atoms with van der Waals surface area (Å²) in [5, 5.41) is 2.96. The highest BCUT2D eigenvalue weighted by molar-refractivity contribution is 8.02. The molecule has 0 aromatic heterocycles. The van der Waals surface area contributed by atoms with Crippen molar-refractivity contribution in [3.05, 3.63) is 48.0 Å². The fourth-order valence-electron chi connectivity index (χ4n) is 1.92. The number of rotatable bonds is 1. The minimum absolute atomic E-state index is 0.0293. The molecular weight excluding hydrogens is 262 g/mol. The second kappa shape index (κ2) is 4.71. The lowest BCUT2D eigenvalue weighted by molar-refractivity contribution is 0.102. The molecule has 1 aliphatic heterocycles. The van der Waals surface area contributed by atoms with Crippen LogP contribution in [0.2, 0.25) is 0 Å². The van der Waals surface area contributed by atoms with Crippen molar-refractivity contribution in [3.63, 3.8) is 0 Å². The Morgan fingerprint density at radius 1 is 1.11 bits per heavy atom. The molecule has 1 amide bonds. The maximum absolute atomic E-state index is 12.2. The van der Waals surface area contributed by atoms with Crippen LogP contribution >= 0.6 is 23.5 Å². The van der Waals surface area contributed by atoms with Gasteiger partial charge in [-0.05, 0) is 30.5 Å². The van der Waals surface area contributed by atoms with E-state index < -0.39 is 0 Å². The van der Waals surface area contributed by atoms with Gasteiger partial charge in [0.1, 0.15) is 0 Å². The first-order valence-electron chi connectivity index (χ1n) is 5.55. The maximum Gasteiger partial charge on any atom is 0.256 e. The predicted molar refractivity (Wildman–Crippen MR) is 76.7 cm³/mol. The van der Waals surface area contributed by atoms with E-state index in [4.69, 9.17) is 0 Å². The zero-order valence-electron chi connectivity index (χ0n) is 9.77. The molecule has 0 saturated heterocycles. The molecule has 1 N–H and O–H groups in total. The molecular formula is C14H11NOS2. The lowest BCUT2D eigenvalue weighted by Gasteiger charge is -2.08. The molecule has 0 spiro atoms. The summed E-state index contributed by atoms with van der Waals surface area (Å²) >= 11 is 3.32. The van der Waals surface area contributed by atoms with Crippen LogP contribution in [0, 0.1) is 0 Å². The number of benzene rings is 2. The van der Waals surface area contributed by atoms with Crippen LogP contribution in [-0.4, -0.2) is 12.2 Å². The van der Waals surface area contributed by atoms with E-state index in [9.17, 15) is 4.79 Å². The van der Waals surface area contributed by atoms with Crippen molar-refractivity contribution in [2.75, 3.05) is 11.6 Å². The van der Waals surface area contributed by atoms with Gasteiger partial charge in [0.25, 0.3) is 5.91 Å². The van der Waals surface area contributed by atoms with Gasteiger partial charge >= 0.3 is 0 Å². The summed E-state index contributed by atoms with van der Waals surface area (Å²) < 4.78 is 0. The third-order valence-electron chi connectivity index (χ3n) is 2.79. The second-order valence-corrected chi connectivity index (χ2v) is 5.79. The van der Waals surface area contributed by atoms with E-state index in [1.54, 1.807) is 23.5 Å². The zero-order chi connectivity index (χ0) is 12.5. The summed E-state index contributed by atoms with van der Waals surface area (Å²) in [6, 6.07) is 13.8. The average molecular weight is 273 g/mol. The van der Waals surface area contributed by atoms with E-state index in [2.05, 4.69) is 11.4 Å². The minimum Gasteiger partial charge on any atom is -0.321 e. The van der Waals surface area contributed by atoms with Gasteiger partial charge < -0.3 is 5.32 Å². The van der Waals surface area contributed by atoms with Gasteiger partial charge in [0, 0.05) is 14.7 Å². The lowest BCUT2D eigenvalue weighted by Crippen LogP contribution is -2.11. The number of hydrogen-bond acceptors (Lipinski definition) is 3. The standard InChI is InChI=1S/C14H11NOS2/c1-17-12-8-4-5-9-13(12)18-11-7-3-2-6-10(11)15-14(9)16/h2-8H,1H3,(H,15,16). The molecule has 3 rings (SSSR count). The number of hydrogen-bond donors (Lipinski definition) is 1. The van der Waals surface area contributed by atoms with E-state index in [-0.39, 0.29) is 5.91 Å². The maximum atomic E-state index is 12.2. The molecule has 2 aromatic carbocycles. The first-order valence-corrected chi connectivity index (χ1v) is 7.59. The molecule has 0 saturated carbocycles. The Morgan fingerprint density at radius 3 is 2.78 bits per heavy atom. The molecule has 1 aliphatic rings. The summed E-state index contributed by atoms with van der Waals surface area (Å²) in [5.41, 5.74) is 1.64. The van der Waals surface area contributed by atoms with Crippen molar-refractivity contribution in [3.8, 4) is 0 Å². The first kappa shape index (κ1) is 11.7. The molecule has 0 aliphatic carbocycles. The van der Waals surface area contributed by atoms with Crippen molar-refractivity contribution < 1.29 is 4.79 Å². The van der Waals surface area contributed by atoms with Crippen LogP contribution in [0.3, 0.4) is 0 Å². The van der Waals surface area contributed by atoms with Crippen molar-refractivity contribution in [1.29, 1.82) is 0 Å². The number of anilines is 1. The van der Waals surface area contributed by atoms with Gasteiger partial charge in [0.15, 0.2) is 0 Å². The molecule has 1 heterocycles. The number of carbonyl (C=O) groups excluding carboxylic acids is 1. The Morgan fingerprint density at radius 2 is 1.94 bits per heavy atom. The molecule has 2 nitrogen and oxygen atoms in total. The highest BCUT2D eigenvalue weighted by atomic mass is 32.2. The molecule has 90 valence electrons. The number of thioether (sulfide) groups is 1. The zero-order valence-corrected chi connectivity index (χ0v) is 11.4. The number of carbonyl (C=O) groups is 1. The summed E-state index contributed by atoms with van der Waals surface area (Å²) in [5.74, 6) is -0.0293. The molecule has 4 heteroatoms. The molecule has 0 radical (unpaired) electrons. The topological polar surface area (TPSA) is 29.1 Å². The summed E-state index contributed by atoms with van der Waals surface area (Å²) in [6.07, 6.45) is 2.03. The van der Waals surface area contributed by atoms with Crippen LogP contribution in [0.4, 0.5) is 5.69 Å². The van der Waals surface area contributed by atoms with Crippen molar-refractivity contribution in [2.45, 2.75) is 14.7 Å². The highest BCUT2D eigenvalue weighted by Gasteiger charge is 2.21. The van der Waals surface area contributed by atoms with E-state index in [1.807, 2.05) is 42.7 Å². The van der Waals surface area contributed by atoms with Gasteiger partial charge in [0.05, 0.1) is 11.3 Å². The fraction of sp³-hybridized carbons (Fsp3) is 0.0714. The molecule has 2 aromatic rings. The van der Waals surface area contributed by atoms with Crippen molar-refractivity contribution in [1.82, 2.24) is 0 Å². The molecule has 0 atom stereocenters. The summed E-state index contributed by atoms with van der Waals surface area (Å²) in [4.78, 5) is 15.5. The number of para-hydroxylation sites is 1. The van der Waals surface area contributed by atoms with E-state index >= 15 is 0 Å². The van der Waals surface area contributed by atoms with Crippen molar-refractivity contribution >= 4 is 35.1 Å². The largest absolute Gasteiger partial charge is 0.321 e. The Bertz CT molecular complexity index is 625. The predicted octanol–water partition coefficient (Wildman–Crippen LogP) is 4.13. The van der Waals surface area contributed by atoms with Gasteiger partial charge in [-0.1, -0.05) is 30.0 Å². The third-order valence-corrected chi connectivity index (χ3v) is 4.92. The quantitative estimate of drug-likeness (QED) is 0.792. The molecule has 0 unspecified atom stereocenters. The number of nitrogens with one attached hydrogen (secondary N) is 1. The van der Waals surface area contributed by atoms with Crippen LogP contribution in [0.1, 0.15) is 10.4 Å². The lowest BCUT2D eigenvalue weighted by atomic mass is 10.2. The Labute approximate surface area is 114 Å². The smallest absolute Gasteiger partial charge is 0.256 e. The number of fused-ring (bicyclic) bond motifs is 2. The third kappa shape index (κ3) is 1.91. The Kier molecular flexibility index (Phi) is 3.06. The van der Waals surface area contributed by atoms with Gasteiger partial charge in [-0.25, -0.2) is 0 Å². The van der Waals surface area contributed by atoms with Gasteiger partial charge in [-0.2, -0.15) is 0 Å². The monoisotopic (exact) mass is 273 g/mol.